The highest BCUT2D eigenvalue weighted by molar-refractivity contribution is 7.86. The van der Waals surface area contributed by atoms with Crippen LogP contribution in [0, 0.1) is 0 Å². The number of aromatic carboxylic acids is 1. The molecule has 0 aliphatic carbocycles. The second kappa shape index (κ2) is 16.5. The number of hydrogen-bond donors (Lipinski definition) is 6. The summed E-state index contributed by atoms with van der Waals surface area (Å²) in [6, 6.07) is 7.10. The first-order valence-corrected chi connectivity index (χ1v) is 21.2. The summed E-state index contributed by atoms with van der Waals surface area (Å²) in [4.78, 5) is 30.6. The first kappa shape index (κ1) is 40.3. The molecule has 20 nitrogen and oxygen atoms in total. The van der Waals surface area contributed by atoms with Crippen LogP contribution in [0.15, 0.2) is 51.4 Å². The molecule has 0 atom stereocenters. The number of carbonyl (C=O) groups excluding carboxylic acids is 1. The van der Waals surface area contributed by atoms with E-state index in [9.17, 15) is 40.6 Å². The van der Waals surface area contributed by atoms with E-state index in [4.69, 9.17) is 10.3 Å². The van der Waals surface area contributed by atoms with Gasteiger partial charge in [0.2, 0.25) is 10.3 Å². The van der Waals surface area contributed by atoms with E-state index in [0.717, 1.165) is 6.07 Å². The lowest BCUT2D eigenvalue weighted by atomic mass is 9.86. The molecule has 7 rings (SSSR count). The maximum atomic E-state index is 13.4. The second-order valence-corrected chi connectivity index (χ2v) is 16.5. The zero-order chi connectivity index (χ0) is 41.2. The predicted octanol–water partition coefficient (Wildman–Crippen LogP) is 0.0947. The predicted molar refractivity (Wildman–Crippen MR) is 202 cm³/mol. The van der Waals surface area contributed by atoms with Crippen LogP contribution in [0.1, 0.15) is 74.3 Å². The zero-order valence-electron chi connectivity index (χ0n) is 30.8. The summed E-state index contributed by atoms with van der Waals surface area (Å²) in [6.07, 6.45) is 4.84. The quantitative estimate of drug-likeness (QED) is 0.0268. The number of carboxylic acids is 1. The van der Waals surface area contributed by atoms with E-state index in [2.05, 4.69) is 41.3 Å². The number of fused-ring (bicyclic) bond motifs is 4. The number of benzene rings is 3. The van der Waals surface area contributed by atoms with Crippen molar-refractivity contribution in [2.75, 3.05) is 38.0 Å². The molecule has 1 aromatic heterocycles. The summed E-state index contributed by atoms with van der Waals surface area (Å²) < 4.78 is 83.4. The molecule has 0 unspecified atom stereocenters. The molecule has 0 fully saturated rings. The molecule has 4 aromatic rings. The van der Waals surface area contributed by atoms with Gasteiger partial charge in [-0.3, -0.25) is 14.0 Å². The third-order valence-corrected chi connectivity index (χ3v) is 11.7. The van der Waals surface area contributed by atoms with Crippen molar-refractivity contribution in [3.05, 3.63) is 96.6 Å². The van der Waals surface area contributed by atoms with Gasteiger partial charge in [-0.25, -0.2) is 18.2 Å². The van der Waals surface area contributed by atoms with Crippen LogP contribution in [0.5, 0.6) is 11.5 Å². The highest BCUT2D eigenvalue weighted by atomic mass is 32.2. The minimum absolute atomic E-state index is 0.00503. The first-order valence-electron chi connectivity index (χ1n) is 18.4. The van der Waals surface area contributed by atoms with Crippen molar-refractivity contribution >= 4 is 43.4 Å². The monoisotopic (exact) mass is 834 g/mol. The van der Waals surface area contributed by atoms with Crippen molar-refractivity contribution < 1.29 is 50.4 Å². The van der Waals surface area contributed by atoms with Crippen LogP contribution in [0.4, 0.5) is 5.69 Å². The van der Waals surface area contributed by atoms with E-state index in [-0.39, 0.29) is 50.6 Å². The van der Waals surface area contributed by atoms with Crippen molar-refractivity contribution in [1.82, 2.24) is 25.6 Å². The Bertz CT molecular complexity index is 2750. The van der Waals surface area contributed by atoms with Crippen LogP contribution in [-0.4, -0.2) is 90.6 Å². The minimum atomic E-state index is -5.31. The molecule has 1 amide bonds. The molecule has 6 N–H and O–H groups in total. The van der Waals surface area contributed by atoms with Crippen LogP contribution < -0.4 is 36.3 Å². The number of carboxylic acid groups (broad SMARTS) is 1. The van der Waals surface area contributed by atoms with Crippen molar-refractivity contribution in [3.8, 4) is 11.5 Å². The highest BCUT2D eigenvalue weighted by Crippen LogP contribution is 2.47. The Kier molecular flexibility index (Phi) is 11.5. The number of nitrogens with one attached hydrogen (secondary N) is 4. The third kappa shape index (κ3) is 8.24. The SMILES string of the molecule is [N-]=[N+]=NCCCNCc1cn(CCCNC(=O)c2ccc(C3=c4cc5c(c(S(=O)(=O)O)c4Oc4c3cc3c(c4S(=O)(=O)[O-])NCCC3)=[NH+]CCC5)c(C(=O)O)c2)nn1. The summed E-state index contributed by atoms with van der Waals surface area (Å²) in [7, 11) is -10.4. The lowest BCUT2D eigenvalue weighted by Crippen LogP contribution is -2.80. The topological polar surface area (TPSA) is 305 Å². The summed E-state index contributed by atoms with van der Waals surface area (Å²) in [5, 5.41) is 31.2. The van der Waals surface area contributed by atoms with Gasteiger partial charge >= 0.3 is 16.1 Å². The van der Waals surface area contributed by atoms with Crippen LogP contribution in [0.25, 0.3) is 16.0 Å². The minimum Gasteiger partial charge on any atom is -0.744 e. The van der Waals surface area contributed by atoms with Gasteiger partial charge in [-0.1, -0.05) is 16.4 Å². The van der Waals surface area contributed by atoms with Gasteiger partial charge in [0.05, 0.1) is 16.9 Å². The van der Waals surface area contributed by atoms with Gasteiger partial charge in [0.1, 0.15) is 21.6 Å². The fourth-order valence-electron chi connectivity index (χ4n) is 7.44. The molecule has 3 aromatic carbocycles. The van der Waals surface area contributed by atoms with E-state index >= 15 is 0 Å². The Labute approximate surface area is 331 Å². The molecule has 58 heavy (non-hydrogen) atoms. The van der Waals surface area contributed by atoms with Gasteiger partial charge in [0.25, 0.3) is 5.91 Å². The van der Waals surface area contributed by atoms with Crippen molar-refractivity contribution in [3.63, 3.8) is 0 Å². The Morgan fingerprint density at radius 2 is 1.86 bits per heavy atom. The Hall–Kier alpha value is -5.90. The number of aryl methyl sites for hydroxylation is 3. The molecule has 0 bridgehead atoms. The highest BCUT2D eigenvalue weighted by Gasteiger charge is 2.37. The number of nitrogens with zero attached hydrogens (tertiary/aromatic N) is 6. The maximum absolute atomic E-state index is 13.4. The maximum Gasteiger partial charge on any atom is 0.336 e. The van der Waals surface area contributed by atoms with Crippen LogP contribution in [0.2, 0.25) is 0 Å². The van der Waals surface area contributed by atoms with Crippen LogP contribution in [-0.2, 0) is 46.2 Å². The van der Waals surface area contributed by atoms with E-state index in [0.29, 0.717) is 94.6 Å². The molecular formula is C36H38N10O10S2. The van der Waals surface area contributed by atoms with Gasteiger partial charge < -0.3 is 30.3 Å². The smallest absolute Gasteiger partial charge is 0.336 e. The normalized spacial score (nSPS) is 14.3. The molecule has 4 heterocycles. The Balaban J connectivity index is 1.25. The number of anilines is 1. The first-order chi connectivity index (χ1) is 27.8. The molecule has 304 valence electrons. The summed E-state index contributed by atoms with van der Waals surface area (Å²) in [5.74, 6) is -3.05. The van der Waals surface area contributed by atoms with Gasteiger partial charge in [-0.15, -0.1) is 5.10 Å². The van der Waals surface area contributed by atoms with E-state index < -0.39 is 53.4 Å². The third-order valence-electron chi connectivity index (χ3n) is 9.93. The number of hydrogen-bond acceptors (Lipinski definition) is 13. The number of aromatic nitrogens is 3. The van der Waals surface area contributed by atoms with E-state index in [1.165, 1.54) is 12.1 Å². The molecule has 22 heteroatoms. The fraction of sp³-hybridized carbons (Fsp3) is 0.361. The Morgan fingerprint density at radius 1 is 1.05 bits per heavy atom. The van der Waals surface area contributed by atoms with Crippen molar-refractivity contribution in [2.45, 2.75) is 61.4 Å². The van der Waals surface area contributed by atoms with Gasteiger partial charge in [-0.2, -0.15) is 8.42 Å². The molecule has 0 saturated heterocycles. The standard InChI is InChI=1S/C36H38N10O10S2/c37-44-42-13-3-9-38-18-23-19-46(45-43-23)14-4-12-41-35(47)22-7-8-24(25(17-22)36(48)49)28-26-15-20-5-1-10-39-29(20)33(57(50,51)52)31(26)56-32-27(28)16-21-6-2-11-40-30(21)34(32)58(53,54)55/h7-8,15-17,19,38-39H,1-6,9-14,18H2,(H,41,47)(H,48,49)(H,50,51,52)(H,53,54,55). The lowest BCUT2D eigenvalue weighted by Gasteiger charge is -2.30. The zero-order valence-corrected chi connectivity index (χ0v) is 32.4. The van der Waals surface area contributed by atoms with E-state index in [1.807, 2.05) is 0 Å². The van der Waals surface area contributed by atoms with Gasteiger partial charge in [0.15, 0.2) is 11.5 Å². The van der Waals surface area contributed by atoms with Crippen LogP contribution in [0.3, 0.4) is 0 Å². The number of azide groups is 1. The van der Waals surface area contributed by atoms with Crippen molar-refractivity contribution in [2.24, 2.45) is 5.11 Å². The summed E-state index contributed by atoms with van der Waals surface area (Å²) in [5.41, 5.74) is 9.62. The van der Waals surface area contributed by atoms with Crippen molar-refractivity contribution in [1.29, 1.82) is 0 Å². The summed E-state index contributed by atoms with van der Waals surface area (Å²) >= 11 is 0. The largest absolute Gasteiger partial charge is 0.744 e. The molecule has 3 aliphatic heterocycles. The number of carbonyl (C=O) groups is 2. The second-order valence-electron chi connectivity index (χ2n) is 13.8. The fourth-order valence-corrected chi connectivity index (χ4v) is 9.12. The molecule has 3 aliphatic rings. The number of amides is 1. The van der Waals surface area contributed by atoms with Gasteiger partial charge in [-0.05, 0) is 79.6 Å². The molecular weight excluding hydrogens is 797 g/mol. The number of rotatable bonds is 15. The molecule has 0 saturated carbocycles. The average molecular weight is 835 g/mol. The molecule has 0 spiro atoms. The van der Waals surface area contributed by atoms with Crippen LogP contribution >= 0.6 is 0 Å². The van der Waals surface area contributed by atoms with Gasteiger partial charge in [0, 0.05) is 77.7 Å². The lowest BCUT2D eigenvalue weighted by molar-refractivity contribution is -0.507. The van der Waals surface area contributed by atoms with E-state index in [1.54, 1.807) is 23.0 Å². The summed E-state index contributed by atoms with van der Waals surface area (Å²) in [6.45, 7) is 2.81. The molecule has 0 radical (unpaired) electrons. The Morgan fingerprint density at radius 3 is 2.62 bits per heavy atom. The number of ether oxygens (including phenoxy) is 1. The average Bonchev–Trinajstić information content (AvgIpc) is 3.64.